The maximum atomic E-state index is 15.9. The van der Waals surface area contributed by atoms with E-state index in [2.05, 4.69) is 25.9 Å². The summed E-state index contributed by atoms with van der Waals surface area (Å²) in [7, 11) is 0. The fourth-order valence-electron chi connectivity index (χ4n) is 5.80. The molecule has 4 amide bonds. The summed E-state index contributed by atoms with van der Waals surface area (Å²) in [6.07, 6.45) is 1.70. The molecule has 0 saturated carbocycles. The molecule has 0 aliphatic carbocycles. The van der Waals surface area contributed by atoms with E-state index in [1.165, 1.54) is 36.7 Å². The van der Waals surface area contributed by atoms with E-state index in [9.17, 15) is 23.6 Å². The van der Waals surface area contributed by atoms with Gasteiger partial charge in [0.25, 0.3) is 11.8 Å². The van der Waals surface area contributed by atoms with E-state index in [0.717, 1.165) is 0 Å². The number of carbonyl (C=O) groups excluding carboxylic acids is 4. The van der Waals surface area contributed by atoms with Crippen LogP contribution in [0.25, 0.3) is 10.9 Å². The van der Waals surface area contributed by atoms with Crippen molar-refractivity contribution in [2.75, 3.05) is 23.8 Å². The molecule has 3 aromatic carbocycles. The van der Waals surface area contributed by atoms with Crippen LogP contribution in [-0.2, 0) is 20.9 Å². The van der Waals surface area contributed by atoms with Gasteiger partial charge in [0, 0.05) is 42.1 Å². The Morgan fingerprint density at radius 2 is 1.89 bits per heavy atom. The normalized spacial score (nSPS) is 19.3. The Bertz CT molecular complexity index is 1990. The molecule has 3 aliphatic heterocycles. The number of carbonyl (C=O) groups is 4. The standard InChI is InChI=1S/C32H25ClF2N6O6/c33-20-9-16(2-4-21(20)34)39-29-19-10-23(25(11-22(19)37-14-38-29)47-17-7-8-46-13-17)36-12-15-1-3-18-27(28(15)35)32(45)41(31(18)44)24-5-6-26(42)40-30(24)43/h1-4,9-11,14,17,24,36H,5-8,12-13H2,(H,37,38,39)(H,40,42,43). The lowest BCUT2D eigenvalue weighted by atomic mass is 10.0. The number of piperidine rings is 1. The molecule has 0 spiro atoms. The van der Waals surface area contributed by atoms with Crippen molar-refractivity contribution in [3.63, 3.8) is 0 Å². The SMILES string of the molecule is O=C1CCC(N2C(=O)c3ccc(CNc4cc5c(Nc6ccc(F)c(Cl)c6)ncnc5cc4OC4CCOC4)c(F)c3C2=O)C(=O)N1. The number of nitrogens with zero attached hydrogens (tertiary/aromatic N) is 3. The second-order valence-electron chi connectivity index (χ2n) is 11.2. The Hall–Kier alpha value is -5.21. The van der Waals surface area contributed by atoms with E-state index in [4.69, 9.17) is 21.1 Å². The van der Waals surface area contributed by atoms with Gasteiger partial charge in [-0.1, -0.05) is 17.7 Å². The Morgan fingerprint density at radius 3 is 2.66 bits per heavy atom. The molecular formula is C32H25ClF2N6O6. The van der Waals surface area contributed by atoms with Gasteiger partial charge in [0.2, 0.25) is 11.8 Å². The smallest absolute Gasteiger partial charge is 0.265 e. The number of hydrogen-bond acceptors (Lipinski definition) is 10. The van der Waals surface area contributed by atoms with Crippen molar-refractivity contribution in [2.24, 2.45) is 0 Å². The van der Waals surface area contributed by atoms with Crippen LogP contribution in [-0.4, -0.2) is 63.9 Å². The van der Waals surface area contributed by atoms with Crippen LogP contribution >= 0.6 is 11.6 Å². The summed E-state index contributed by atoms with van der Waals surface area (Å²) < 4.78 is 41.4. The second-order valence-corrected chi connectivity index (χ2v) is 11.6. The van der Waals surface area contributed by atoms with Crippen LogP contribution in [0.15, 0.2) is 48.8 Å². The number of imide groups is 2. The number of nitrogens with one attached hydrogen (secondary N) is 3. The number of ether oxygens (including phenoxy) is 2. The summed E-state index contributed by atoms with van der Waals surface area (Å²) in [6, 6.07) is 9.11. The third-order valence-corrected chi connectivity index (χ3v) is 8.49. The van der Waals surface area contributed by atoms with Gasteiger partial charge in [-0.25, -0.2) is 18.7 Å². The zero-order valence-electron chi connectivity index (χ0n) is 24.4. The molecule has 12 nitrogen and oxygen atoms in total. The number of fused-ring (bicyclic) bond motifs is 2. The number of anilines is 3. The van der Waals surface area contributed by atoms with Gasteiger partial charge < -0.3 is 20.1 Å². The zero-order valence-corrected chi connectivity index (χ0v) is 25.2. The summed E-state index contributed by atoms with van der Waals surface area (Å²) in [5.74, 6) is -3.70. The topological polar surface area (TPSA) is 152 Å². The third kappa shape index (κ3) is 5.70. The van der Waals surface area contributed by atoms with E-state index in [-0.39, 0.29) is 41.6 Å². The molecule has 0 bridgehead atoms. The van der Waals surface area contributed by atoms with Crippen molar-refractivity contribution >= 4 is 63.3 Å². The molecule has 4 aromatic rings. The van der Waals surface area contributed by atoms with Crippen LogP contribution < -0.4 is 20.7 Å². The Morgan fingerprint density at radius 1 is 1.04 bits per heavy atom. The van der Waals surface area contributed by atoms with E-state index < -0.39 is 46.9 Å². The Kier molecular flexibility index (Phi) is 7.90. The summed E-state index contributed by atoms with van der Waals surface area (Å²) in [6.45, 7) is 0.811. The number of rotatable bonds is 8. The first-order valence-corrected chi connectivity index (χ1v) is 15.1. The third-order valence-electron chi connectivity index (χ3n) is 8.20. The van der Waals surface area contributed by atoms with Crippen molar-refractivity contribution in [3.05, 3.63) is 82.1 Å². The first kappa shape index (κ1) is 30.4. The maximum absolute atomic E-state index is 15.9. The van der Waals surface area contributed by atoms with E-state index >= 15 is 4.39 Å². The number of halogens is 3. The molecule has 240 valence electrons. The van der Waals surface area contributed by atoms with Crippen LogP contribution in [0.1, 0.15) is 45.5 Å². The van der Waals surface area contributed by atoms with Crippen LogP contribution in [0.3, 0.4) is 0 Å². The highest BCUT2D eigenvalue weighted by atomic mass is 35.5. The van der Waals surface area contributed by atoms with Crippen molar-refractivity contribution in [1.29, 1.82) is 0 Å². The van der Waals surface area contributed by atoms with Gasteiger partial charge in [-0.05, 0) is 36.8 Å². The molecule has 1 aromatic heterocycles. The van der Waals surface area contributed by atoms with E-state index in [1.54, 1.807) is 12.1 Å². The summed E-state index contributed by atoms with van der Waals surface area (Å²) in [5.41, 5.74) is 0.943. The lowest BCUT2D eigenvalue weighted by molar-refractivity contribution is -0.136. The number of amides is 4. The summed E-state index contributed by atoms with van der Waals surface area (Å²) in [5, 5.41) is 8.91. The van der Waals surface area contributed by atoms with Crippen LogP contribution in [0.5, 0.6) is 5.75 Å². The zero-order chi connectivity index (χ0) is 32.8. The number of hydrogen-bond donors (Lipinski definition) is 3. The predicted octanol–water partition coefficient (Wildman–Crippen LogP) is 4.49. The highest BCUT2D eigenvalue weighted by Gasteiger charge is 2.46. The number of aromatic nitrogens is 2. The van der Waals surface area contributed by atoms with E-state index in [1.807, 2.05) is 0 Å². The summed E-state index contributed by atoms with van der Waals surface area (Å²) >= 11 is 5.96. The van der Waals surface area contributed by atoms with Gasteiger partial charge in [0.15, 0.2) is 0 Å². The quantitative estimate of drug-likeness (QED) is 0.230. The van der Waals surface area contributed by atoms with Gasteiger partial charge >= 0.3 is 0 Å². The Labute approximate surface area is 270 Å². The van der Waals surface area contributed by atoms with Crippen molar-refractivity contribution < 1.29 is 37.4 Å². The molecule has 3 N–H and O–H groups in total. The minimum absolute atomic E-state index is 0.0439. The summed E-state index contributed by atoms with van der Waals surface area (Å²) in [4.78, 5) is 59.8. The van der Waals surface area contributed by atoms with E-state index in [0.29, 0.717) is 58.4 Å². The Balaban J connectivity index is 1.19. The average molecular weight is 663 g/mol. The molecule has 2 unspecified atom stereocenters. The monoisotopic (exact) mass is 662 g/mol. The van der Waals surface area contributed by atoms with Gasteiger partial charge in [0.05, 0.1) is 40.6 Å². The average Bonchev–Trinajstić information content (AvgIpc) is 3.65. The minimum Gasteiger partial charge on any atom is -0.486 e. The first-order valence-electron chi connectivity index (χ1n) is 14.7. The first-order chi connectivity index (χ1) is 22.7. The molecule has 7 rings (SSSR count). The molecule has 0 radical (unpaired) electrons. The predicted molar refractivity (Wildman–Crippen MR) is 164 cm³/mol. The minimum atomic E-state index is -1.21. The van der Waals surface area contributed by atoms with Crippen molar-refractivity contribution in [1.82, 2.24) is 20.2 Å². The van der Waals surface area contributed by atoms with Gasteiger partial charge in [-0.15, -0.1) is 0 Å². The van der Waals surface area contributed by atoms with Crippen LogP contribution in [0.2, 0.25) is 5.02 Å². The van der Waals surface area contributed by atoms with Crippen LogP contribution in [0, 0.1) is 11.6 Å². The fraction of sp³-hybridized carbons (Fsp3) is 0.250. The molecule has 2 saturated heterocycles. The highest BCUT2D eigenvalue weighted by molar-refractivity contribution is 6.31. The highest BCUT2D eigenvalue weighted by Crippen LogP contribution is 2.36. The maximum Gasteiger partial charge on any atom is 0.265 e. The molecule has 2 fully saturated rings. The van der Waals surface area contributed by atoms with Crippen molar-refractivity contribution in [2.45, 2.75) is 38.0 Å². The molecule has 2 atom stereocenters. The molecule has 47 heavy (non-hydrogen) atoms. The van der Waals surface area contributed by atoms with Gasteiger partial charge in [0.1, 0.15) is 41.7 Å². The molecular weight excluding hydrogens is 638 g/mol. The lowest BCUT2D eigenvalue weighted by Gasteiger charge is -2.27. The largest absolute Gasteiger partial charge is 0.486 e. The van der Waals surface area contributed by atoms with Crippen molar-refractivity contribution in [3.8, 4) is 5.75 Å². The number of benzene rings is 3. The molecule has 3 aliphatic rings. The second kappa shape index (κ2) is 12.2. The molecule has 4 heterocycles. The lowest BCUT2D eigenvalue weighted by Crippen LogP contribution is -2.54. The fourth-order valence-corrected chi connectivity index (χ4v) is 5.98. The van der Waals surface area contributed by atoms with Crippen LogP contribution in [0.4, 0.5) is 26.0 Å². The van der Waals surface area contributed by atoms with Gasteiger partial charge in [-0.3, -0.25) is 29.4 Å². The van der Waals surface area contributed by atoms with Gasteiger partial charge in [-0.2, -0.15) is 0 Å². The molecule has 15 heteroatoms.